The van der Waals surface area contributed by atoms with E-state index in [4.69, 9.17) is 5.11 Å². The molecule has 1 atom stereocenters. The van der Waals surface area contributed by atoms with Gasteiger partial charge in [-0.15, -0.1) is 0 Å². The summed E-state index contributed by atoms with van der Waals surface area (Å²) < 4.78 is 131. The van der Waals surface area contributed by atoms with Crippen LogP contribution in [0.2, 0.25) is 0 Å². The summed E-state index contributed by atoms with van der Waals surface area (Å²) in [6.07, 6.45) is -13.5. The van der Waals surface area contributed by atoms with Crippen molar-refractivity contribution in [2.45, 2.75) is 44.1 Å². The van der Waals surface area contributed by atoms with Gasteiger partial charge < -0.3 is 5.11 Å². The quantitative estimate of drug-likeness (QED) is 0.580. The molecule has 0 aliphatic heterocycles. The van der Waals surface area contributed by atoms with Gasteiger partial charge in [-0.25, -0.2) is 17.6 Å². The molecule has 1 aromatic rings. The maximum atomic E-state index is 13.8. The topological polar surface area (TPSA) is 20.2 Å². The molecule has 0 spiro atoms. The lowest BCUT2D eigenvalue weighted by atomic mass is 9.87. The van der Waals surface area contributed by atoms with Crippen LogP contribution in [0.5, 0.6) is 0 Å². The molecule has 1 rings (SSSR count). The molecule has 0 aromatic heterocycles. The van der Waals surface area contributed by atoms with E-state index in [1.54, 1.807) is 0 Å². The van der Waals surface area contributed by atoms with E-state index in [9.17, 15) is 43.9 Å². The van der Waals surface area contributed by atoms with E-state index in [0.29, 0.717) is 0 Å². The Bertz CT molecular complexity index is 588. The first-order valence-electron chi connectivity index (χ1n) is 6.34. The Morgan fingerprint density at radius 3 is 1.38 bits per heavy atom. The molecule has 0 saturated heterocycles. The average molecular weight is 372 g/mol. The van der Waals surface area contributed by atoms with Crippen LogP contribution in [-0.2, 0) is 5.60 Å². The zero-order chi connectivity index (χ0) is 19.2. The van der Waals surface area contributed by atoms with E-state index < -0.39 is 58.3 Å². The highest BCUT2D eigenvalue weighted by atomic mass is 19.4. The predicted molar refractivity (Wildman–Crippen MR) is 61.0 cm³/mol. The first kappa shape index (κ1) is 20.5. The lowest BCUT2D eigenvalue weighted by Crippen LogP contribution is -2.55. The number of hydrogen-bond donors (Lipinski definition) is 1. The molecule has 138 valence electrons. The van der Waals surface area contributed by atoms with Gasteiger partial charge in [0.05, 0.1) is 5.56 Å². The van der Waals surface area contributed by atoms with E-state index >= 15 is 0 Å². The van der Waals surface area contributed by atoms with Gasteiger partial charge in [0, 0.05) is 5.56 Å². The van der Waals surface area contributed by atoms with Crippen molar-refractivity contribution in [1.29, 1.82) is 0 Å². The zero-order valence-electron chi connectivity index (χ0n) is 12.0. The second-order valence-electron chi connectivity index (χ2n) is 5.06. The molecule has 0 heterocycles. The van der Waals surface area contributed by atoms with Gasteiger partial charge in [-0.3, -0.25) is 0 Å². The van der Waals surface area contributed by atoms with Crippen LogP contribution in [0.15, 0.2) is 0 Å². The standard InChI is InChI=1S/C13H10F10O/c1-3-4(2)5-7(14)9(16)6(10(17)8(5)15)11(24,12(18,19)20)13(21,22)23/h4,24H,3H2,1-2H3. The van der Waals surface area contributed by atoms with Crippen LogP contribution in [0.25, 0.3) is 0 Å². The minimum absolute atomic E-state index is 0.116. The van der Waals surface area contributed by atoms with E-state index in [-0.39, 0.29) is 6.42 Å². The van der Waals surface area contributed by atoms with Crippen LogP contribution < -0.4 is 0 Å². The fourth-order valence-electron chi connectivity index (χ4n) is 2.05. The SMILES string of the molecule is CCC(C)c1c(F)c(F)c(C(O)(C(F)(F)F)C(F)(F)F)c(F)c1F. The molecule has 0 aliphatic carbocycles. The fraction of sp³-hybridized carbons (Fsp3) is 0.538. The molecule has 1 aromatic carbocycles. The molecule has 0 amide bonds. The third-order valence-corrected chi connectivity index (χ3v) is 3.58. The molecule has 1 N–H and O–H groups in total. The predicted octanol–water partition coefficient (Wildman–Crippen LogP) is 5.07. The lowest BCUT2D eigenvalue weighted by Gasteiger charge is -2.33. The minimum Gasteiger partial charge on any atom is -0.369 e. The number of alkyl halides is 6. The molecule has 0 fully saturated rings. The fourth-order valence-corrected chi connectivity index (χ4v) is 2.05. The van der Waals surface area contributed by atoms with Crippen molar-refractivity contribution >= 4 is 0 Å². The highest BCUT2D eigenvalue weighted by molar-refractivity contribution is 5.37. The van der Waals surface area contributed by atoms with Gasteiger partial charge in [-0.2, -0.15) is 26.3 Å². The first-order chi connectivity index (χ1) is 10.6. The van der Waals surface area contributed by atoms with E-state index in [2.05, 4.69) is 0 Å². The summed E-state index contributed by atoms with van der Waals surface area (Å²) in [5.74, 6) is -12.0. The monoisotopic (exact) mass is 372 g/mol. The molecule has 0 saturated carbocycles. The average Bonchev–Trinajstić information content (AvgIpc) is 2.42. The van der Waals surface area contributed by atoms with E-state index in [0.717, 1.165) is 6.92 Å². The normalized spacial score (nSPS) is 14.9. The molecule has 11 heteroatoms. The third-order valence-electron chi connectivity index (χ3n) is 3.58. The highest BCUT2D eigenvalue weighted by Crippen LogP contribution is 2.52. The first-order valence-corrected chi connectivity index (χ1v) is 6.34. The van der Waals surface area contributed by atoms with Crippen LogP contribution in [0.1, 0.15) is 37.3 Å². The Balaban J connectivity index is 3.97. The molecule has 24 heavy (non-hydrogen) atoms. The number of benzene rings is 1. The van der Waals surface area contributed by atoms with Gasteiger partial charge in [0.15, 0.2) is 23.3 Å². The molecule has 1 nitrogen and oxygen atoms in total. The Morgan fingerprint density at radius 1 is 0.792 bits per heavy atom. The lowest BCUT2D eigenvalue weighted by molar-refractivity contribution is -0.377. The second kappa shape index (κ2) is 6.08. The van der Waals surface area contributed by atoms with Crippen molar-refractivity contribution in [2.75, 3.05) is 0 Å². The van der Waals surface area contributed by atoms with Crippen molar-refractivity contribution in [2.24, 2.45) is 0 Å². The van der Waals surface area contributed by atoms with Crippen molar-refractivity contribution in [3.8, 4) is 0 Å². The number of aliphatic hydroxyl groups is 1. The van der Waals surface area contributed by atoms with Crippen molar-refractivity contribution < 1.29 is 49.0 Å². The van der Waals surface area contributed by atoms with Crippen molar-refractivity contribution in [3.63, 3.8) is 0 Å². The van der Waals surface area contributed by atoms with Crippen LogP contribution in [0.3, 0.4) is 0 Å². The second-order valence-corrected chi connectivity index (χ2v) is 5.06. The summed E-state index contributed by atoms with van der Waals surface area (Å²) in [6.45, 7) is 2.37. The van der Waals surface area contributed by atoms with Crippen LogP contribution in [-0.4, -0.2) is 17.5 Å². The minimum atomic E-state index is -6.69. The zero-order valence-corrected chi connectivity index (χ0v) is 12.0. The van der Waals surface area contributed by atoms with Gasteiger partial charge in [0.2, 0.25) is 0 Å². The smallest absolute Gasteiger partial charge is 0.369 e. The van der Waals surface area contributed by atoms with Crippen LogP contribution in [0, 0.1) is 23.3 Å². The highest BCUT2D eigenvalue weighted by Gasteiger charge is 2.73. The van der Waals surface area contributed by atoms with Gasteiger partial charge in [0.25, 0.3) is 5.60 Å². The van der Waals surface area contributed by atoms with Crippen LogP contribution in [0.4, 0.5) is 43.9 Å². The van der Waals surface area contributed by atoms with Gasteiger partial charge >= 0.3 is 12.4 Å². The van der Waals surface area contributed by atoms with Crippen molar-refractivity contribution in [3.05, 3.63) is 34.4 Å². The van der Waals surface area contributed by atoms with Crippen LogP contribution >= 0.6 is 0 Å². The van der Waals surface area contributed by atoms with Gasteiger partial charge in [-0.05, 0) is 12.3 Å². The number of hydrogen-bond acceptors (Lipinski definition) is 1. The van der Waals surface area contributed by atoms with E-state index in [1.165, 1.54) is 6.92 Å². The summed E-state index contributed by atoms with van der Waals surface area (Å²) >= 11 is 0. The summed E-state index contributed by atoms with van der Waals surface area (Å²) in [7, 11) is 0. The maximum absolute atomic E-state index is 13.8. The summed E-state index contributed by atoms with van der Waals surface area (Å²) in [5.41, 5.74) is -10.7. The Kier molecular flexibility index (Phi) is 5.20. The summed E-state index contributed by atoms with van der Waals surface area (Å²) in [6, 6.07) is 0. The number of rotatable bonds is 3. The van der Waals surface area contributed by atoms with Gasteiger partial charge in [0.1, 0.15) is 0 Å². The Morgan fingerprint density at radius 2 is 1.12 bits per heavy atom. The van der Waals surface area contributed by atoms with Crippen molar-refractivity contribution in [1.82, 2.24) is 0 Å². The van der Waals surface area contributed by atoms with E-state index in [1.807, 2.05) is 0 Å². The number of halogens is 10. The molecular weight excluding hydrogens is 362 g/mol. The van der Waals surface area contributed by atoms with Gasteiger partial charge in [-0.1, -0.05) is 13.8 Å². The molecule has 0 radical (unpaired) electrons. The largest absolute Gasteiger partial charge is 0.430 e. The molecule has 0 aliphatic rings. The molecular formula is C13H10F10O. The third kappa shape index (κ3) is 2.82. The summed E-state index contributed by atoms with van der Waals surface area (Å²) in [5, 5.41) is 8.99. The molecule has 1 unspecified atom stereocenters. The Labute approximate surface area is 128 Å². The Hall–Kier alpha value is -1.52. The molecule has 0 bridgehead atoms. The summed E-state index contributed by atoms with van der Waals surface area (Å²) in [4.78, 5) is 0. The maximum Gasteiger partial charge on any atom is 0.430 e.